The lowest BCUT2D eigenvalue weighted by molar-refractivity contribution is 0.422. The van der Waals surface area contributed by atoms with Crippen LogP contribution in [0, 0.1) is 5.82 Å². The molecule has 0 aliphatic heterocycles. The van der Waals surface area contributed by atoms with Gasteiger partial charge in [-0.15, -0.1) is 11.8 Å². The van der Waals surface area contributed by atoms with Crippen molar-refractivity contribution in [3.8, 4) is 11.6 Å². The molecule has 0 aliphatic rings. The maximum Gasteiger partial charge on any atom is 0.255 e. The molecule has 0 radical (unpaired) electrons. The smallest absolute Gasteiger partial charge is 0.255 e. The first-order valence-electron chi connectivity index (χ1n) is 4.82. The van der Waals surface area contributed by atoms with Crippen molar-refractivity contribution in [2.24, 2.45) is 0 Å². The molecule has 0 saturated carbocycles. The number of hydrogen-bond acceptors (Lipinski definition) is 3. The fourth-order valence-corrected chi connectivity index (χ4v) is 1.94. The third-order valence-corrected chi connectivity index (χ3v) is 3.23. The van der Waals surface area contributed by atoms with E-state index in [1.807, 2.05) is 18.4 Å². The number of pyridine rings is 1. The van der Waals surface area contributed by atoms with Crippen LogP contribution in [0.3, 0.4) is 0 Å². The molecule has 17 heavy (non-hydrogen) atoms. The molecule has 0 unspecified atom stereocenters. The van der Waals surface area contributed by atoms with Gasteiger partial charge in [0.15, 0.2) is 5.82 Å². The van der Waals surface area contributed by atoms with E-state index in [0.717, 1.165) is 4.90 Å². The maximum atomic E-state index is 13.5. The van der Waals surface area contributed by atoms with Crippen molar-refractivity contribution in [2.45, 2.75) is 4.90 Å². The SMILES string of the molecule is CSc1ccc(Oc2ncc(Br)cc2F)cc1. The van der Waals surface area contributed by atoms with Crippen molar-refractivity contribution in [2.75, 3.05) is 6.26 Å². The molecule has 0 bridgehead atoms. The summed E-state index contributed by atoms with van der Waals surface area (Å²) in [6.45, 7) is 0. The number of aromatic nitrogens is 1. The van der Waals surface area contributed by atoms with Crippen LogP contribution in [-0.2, 0) is 0 Å². The molecule has 0 N–H and O–H groups in total. The highest BCUT2D eigenvalue weighted by Gasteiger charge is 2.06. The lowest BCUT2D eigenvalue weighted by Gasteiger charge is -2.06. The summed E-state index contributed by atoms with van der Waals surface area (Å²) in [5.41, 5.74) is 0. The van der Waals surface area contributed by atoms with E-state index in [1.54, 1.807) is 23.9 Å². The average molecular weight is 314 g/mol. The normalized spacial score (nSPS) is 10.3. The van der Waals surface area contributed by atoms with Crippen molar-refractivity contribution < 1.29 is 9.13 Å². The summed E-state index contributed by atoms with van der Waals surface area (Å²) in [5, 5.41) is 0. The molecule has 0 atom stereocenters. The molecular weight excluding hydrogens is 305 g/mol. The number of benzene rings is 1. The lowest BCUT2D eigenvalue weighted by atomic mass is 10.3. The Morgan fingerprint density at radius 3 is 2.59 bits per heavy atom. The predicted molar refractivity (Wildman–Crippen MR) is 70.2 cm³/mol. The zero-order chi connectivity index (χ0) is 12.3. The van der Waals surface area contributed by atoms with Crippen molar-refractivity contribution >= 4 is 27.7 Å². The molecule has 2 nitrogen and oxygen atoms in total. The quantitative estimate of drug-likeness (QED) is 0.779. The van der Waals surface area contributed by atoms with Gasteiger partial charge in [-0.25, -0.2) is 9.37 Å². The highest BCUT2D eigenvalue weighted by molar-refractivity contribution is 9.10. The van der Waals surface area contributed by atoms with Crippen molar-refractivity contribution in [3.63, 3.8) is 0 Å². The Morgan fingerprint density at radius 1 is 1.29 bits per heavy atom. The molecule has 0 amide bonds. The van der Waals surface area contributed by atoms with E-state index in [1.165, 1.54) is 12.3 Å². The van der Waals surface area contributed by atoms with E-state index in [-0.39, 0.29) is 5.88 Å². The largest absolute Gasteiger partial charge is 0.436 e. The summed E-state index contributed by atoms with van der Waals surface area (Å²) >= 11 is 4.78. The number of thioether (sulfide) groups is 1. The van der Waals surface area contributed by atoms with Gasteiger partial charge in [0, 0.05) is 15.6 Å². The summed E-state index contributed by atoms with van der Waals surface area (Å²) in [4.78, 5) is 4.99. The highest BCUT2D eigenvalue weighted by atomic mass is 79.9. The van der Waals surface area contributed by atoms with E-state index in [9.17, 15) is 4.39 Å². The highest BCUT2D eigenvalue weighted by Crippen LogP contribution is 2.25. The topological polar surface area (TPSA) is 22.1 Å². The molecule has 1 aromatic carbocycles. The third-order valence-electron chi connectivity index (χ3n) is 2.05. The molecule has 0 spiro atoms. The van der Waals surface area contributed by atoms with E-state index in [0.29, 0.717) is 10.2 Å². The van der Waals surface area contributed by atoms with E-state index >= 15 is 0 Å². The van der Waals surface area contributed by atoms with Gasteiger partial charge in [0.1, 0.15) is 5.75 Å². The molecular formula is C12H9BrFNOS. The first kappa shape index (κ1) is 12.4. The molecule has 1 heterocycles. The molecule has 2 aromatic rings. The minimum atomic E-state index is -0.492. The van der Waals surface area contributed by atoms with Gasteiger partial charge in [-0.2, -0.15) is 0 Å². The molecule has 0 aliphatic carbocycles. The lowest BCUT2D eigenvalue weighted by Crippen LogP contribution is -1.91. The molecule has 1 aromatic heterocycles. The number of rotatable bonds is 3. The van der Waals surface area contributed by atoms with E-state index < -0.39 is 5.82 Å². The predicted octanol–water partition coefficient (Wildman–Crippen LogP) is 4.50. The Morgan fingerprint density at radius 2 is 2.00 bits per heavy atom. The Balaban J connectivity index is 2.19. The van der Waals surface area contributed by atoms with Crippen LogP contribution in [0.4, 0.5) is 4.39 Å². The number of ether oxygens (including phenoxy) is 1. The Labute approximate surface area is 111 Å². The fraction of sp³-hybridized carbons (Fsp3) is 0.0833. The summed E-state index contributed by atoms with van der Waals surface area (Å²) in [5.74, 6) is 0.0509. The summed E-state index contributed by atoms with van der Waals surface area (Å²) in [6, 6.07) is 8.72. The zero-order valence-electron chi connectivity index (χ0n) is 8.98. The number of nitrogens with zero attached hydrogens (tertiary/aromatic N) is 1. The molecule has 0 saturated heterocycles. The Hall–Kier alpha value is -1.07. The Kier molecular flexibility index (Phi) is 4.02. The summed E-state index contributed by atoms with van der Waals surface area (Å²) in [6.07, 6.45) is 3.49. The second kappa shape index (κ2) is 5.51. The van der Waals surface area contributed by atoms with Crippen LogP contribution in [0.25, 0.3) is 0 Å². The maximum absolute atomic E-state index is 13.5. The van der Waals surface area contributed by atoms with Crippen molar-refractivity contribution in [1.82, 2.24) is 4.98 Å². The van der Waals surface area contributed by atoms with Crippen LogP contribution in [0.2, 0.25) is 0 Å². The van der Waals surface area contributed by atoms with Gasteiger partial charge in [-0.3, -0.25) is 0 Å². The fourth-order valence-electron chi connectivity index (χ4n) is 1.23. The van der Waals surface area contributed by atoms with Crippen LogP contribution in [0.1, 0.15) is 0 Å². The van der Waals surface area contributed by atoms with Gasteiger partial charge >= 0.3 is 0 Å². The molecule has 5 heteroatoms. The molecule has 88 valence electrons. The van der Waals surface area contributed by atoms with Gasteiger partial charge in [0.2, 0.25) is 0 Å². The van der Waals surface area contributed by atoms with Crippen LogP contribution in [0.5, 0.6) is 11.6 Å². The molecule has 0 fully saturated rings. The minimum absolute atomic E-state index is 0.0231. The first-order chi connectivity index (χ1) is 8.19. The third kappa shape index (κ3) is 3.20. The number of hydrogen-bond donors (Lipinski definition) is 0. The standard InChI is InChI=1S/C12H9BrFNOS/c1-17-10-4-2-9(3-5-10)16-12-11(14)6-8(13)7-15-12/h2-7H,1H3. The second-order valence-corrected chi connectivity index (χ2v) is 5.01. The summed E-state index contributed by atoms with van der Waals surface area (Å²) < 4.78 is 19.4. The average Bonchev–Trinajstić information content (AvgIpc) is 2.34. The van der Waals surface area contributed by atoms with Crippen LogP contribution >= 0.6 is 27.7 Å². The van der Waals surface area contributed by atoms with Crippen molar-refractivity contribution in [3.05, 3.63) is 46.8 Å². The van der Waals surface area contributed by atoms with Gasteiger partial charge in [0.05, 0.1) is 0 Å². The van der Waals surface area contributed by atoms with E-state index in [4.69, 9.17) is 4.74 Å². The zero-order valence-corrected chi connectivity index (χ0v) is 11.4. The van der Waals surface area contributed by atoms with Gasteiger partial charge in [0.25, 0.3) is 5.88 Å². The summed E-state index contributed by atoms with van der Waals surface area (Å²) in [7, 11) is 0. The number of halogens is 2. The monoisotopic (exact) mass is 313 g/mol. The van der Waals surface area contributed by atoms with Gasteiger partial charge in [-0.05, 0) is 52.5 Å². The second-order valence-electron chi connectivity index (χ2n) is 3.22. The Bertz CT molecular complexity index is 518. The van der Waals surface area contributed by atoms with Crippen molar-refractivity contribution in [1.29, 1.82) is 0 Å². The van der Waals surface area contributed by atoms with Gasteiger partial charge in [-0.1, -0.05) is 0 Å². The van der Waals surface area contributed by atoms with Crippen LogP contribution in [0.15, 0.2) is 45.9 Å². The van der Waals surface area contributed by atoms with Crippen LogP contribution < -0.4 is 4.74 Å². The van der Waals surface area contributed by atoms with Crippen LogP contribution in [-0.4, -0.2) is 11.2 Å². The first-order valence-corrected chi connectivity index (χ1v) is 6.84. The molecule has 2 rings (SSSR count). The minimum Gasteiger partial charge on any atom is -0.436 e. The van der Waals surface area contributed by atoms with E-state index in [2.05, 4.69) is 20.9 Å². The van der Waals surface area contributed by atoms with Gasteiger partial charge < -0.3 is 4.74 Å².